The van der Waals surface area contributed by atoms with Crippen molar-refractivity contribution in [3.63, 3.8) is 0 Å². The van der Waals surface area contributed by atoms with Crippen LogP contribution in [0.25, 0.3) is 0 Å². The van der Waals surface area contributed by atoms with Crippen LogP contribution in [-0.2, 0) is 9.84 Å². The van der Waals surface area contributed by atoms with Gasteiger partial charge in [-0.15, -0.1) is 0 Å². The average molecular weight is 275 g/mol. The van der Waals surface area contributed by atoms with Crippen LogP contribution in [0, 0.1) is 10.1 Å². The van der Waals surface area contributed by atoms with Gasteiger partial charge < -0.3 is 10.6 Å². The van der Waals surface area contributed by atoms with Gasteiger partial charge in [-0.1, -0.05) is 0 Å². The molecule has 1 aromatic rings. The normalized spacial score (nSPS) is 11.3. The first-order chi connectivity index (χ1) is 8.18. The summed E-state index contributed by atoms with van der Waals surface area (Å²) in [6.45, 7) is 2.14. The number of nitrogens with two attached hydrogens (primary N) is 1. The molecule has 0 aliphatic heterocycles. The number of sulfone groups is 1. The number of hydrogen-bond donors (Lipinski definition) is 1. The Hall–Kier alpha value is -1.97. The van der Waals surface area contributed by atoms with Gasteiger partial charge in [-0.3, -0.25) is 10.1 Å². The molecule has 0 fully saturated rings. The summed E-state index contributed by atoms with van der Waals surface area (Å²) in [5.41, 5.74) is 4.93. The van der Waals surface area contributed by atoms with Crippen molar-refractivity contribution in [3.8, 4) is 0 Å². The number of anilines is 2. The second kappa shape index (κ2) is 4.72. The highest BCUT2D eigenvalue weighted by molar-refractivity contribution is 7.90. The zero-order chi connectivity index (χ0) is 14.1. The van der Waals surface area contributed by atoms with Gasteiger partial charge in [0.05, 0.1) is 4.92 Å². The molecule has 9 nitrogen and oxygen atoms in total. The minimum absolute atomic E-state index is 0.115. The van der Waals surface area contributed by atoms with Crippen LogP contribution in [0.2, 0.25) is 0 Å². The lowest BCUT2D eigenvalue weighted by molar-refractivity contribution is -0.383. The Morgan fingerprint density at radius 1 is 1.44 bits per heavy atom. The predicted molar refractivity (Wildman–Crippen MR) is 65.2 cm³/mol. The molecular formula is C8H13N5O4S. The van der Waals surface area contributed by atoms with E-state index in [0.29, 0.717) is 6.54 Å². The standard InChI is InChI=1S/C8H13N5O4S/c1-4-12(2)7-5(13(14)15)6(9)10-8(11-7)18(3,16)17/h4H2,1-3H3,(H2,9,10,11). The van der Waals surface area contributed by atoms with Gasteiger partial charge in [-0.05, 0) is 6.92 Å². The van der Waals surface area contributed by atoms with E-state index in [9.17, 15) is 18.5 Å². The third-order valence-corrected chi connectivity index (χ3v) is 3.07. The summed E-state index contributed by atoms with van der Waals surface area (Å²) in [5, 5.41) is 10.4. The smallest absolute Gasteiger partial charge is 0.353 e. The summed E-state index contributed by atoms with van der Waals surface area (Å²) < 4.78 is 22.7. The maximum atomic E-state index is 11.4. The molecule has 1 heterocycles. The van der Waals surface area contributed by atoms with Crippen LogP contribution in [0.5, 0.6) is 0 Å². The van der Waals surface area contributed by atoms with E-state index >= 15 is 0 Å². The van der Waals surface area contributed by atoms with Gasteiger partial charge in [-0.25, -0.2) is 8.42 Å². The zero-order valence-electron chi connectivity index (χ0n) is 10.1. The molecule has 100 valence electrons. The van der Waals surface area contributed by atoms with Crippen LogP contribution >= 0.6 is 0 Å². The van der Waals surface area contributed by atoms with Crippen molar-refractivity contribution in [2.75, 3.05) is 30.5 Å². The molecule has 0 atom stereocenters. The van der Waals surface area contributed by atoms with Crippen molar-refractivity contribution in [1.29, 1.82) is 0 Å². The molecule has 0 unspecified atom stereocenters. The largest absolute Gasteiger partial charge is 0.378 e. The molecule has 10 heteroatoms. The summed E-state index contributed by atoms with van der Waals surface area (Å²) >= 11 is 0. The molecule has 0 aromatic carbocycles. The highest BCUT2D eigenvalue weighted by atomic mass is 32.2. The summed E-state index contributed by atoms with van der Waals surface area (Å²) in [7, 11) is -2.14. The van der Waals surface area contributed by atoms with Crippen LogP contribution in [0.1, 0.15) is 6.92 Å². The first-order valence-corrected chi connectivity index (χ1v) is 6.80. The highest BCUT2D eigenvalue weighted by Crippen LogP contribution is 2.30. The fraction of sp³-hybridized carbons (Fsp3) is 0.500. The molecule has 0 saturated heterocycles. The van der Waals surface area contributed by atoms with Gasteiger partial charge in [0, 0.05) is 19.8 Å². The van der Waals surface area contributed by atoms with Gasteiger partial charge in [-0.2, -0.15) is 9.97 Å². The molecule has 1 aromatic heterocycles. The Balaban J connectivity index is 3.62. The van der Waals surface area contributed by atoms with Gasteiger partial charge in [0.2, 0.25) is 21.5 Å². The van der Waals surface area contributed by atoms with E-state index in [1.807, 2.05) is 0 Å². The Labute approximate surface area is 104 Å². The van der Waals surface area contributed by atoms with Crippen LogP contribution in [0.3, 0.4) is 0 Å². The van der Waals surface area contributed by atoms with Crippen molar-refractivity contribution in [2.45, 2.75) is 12.1 Å². The molecule has 0 aliphatic rings. The van der Waals surface area contributed by atoms with E-state index in [4.69, 9.17) is 5.73 Å². The van der Waals surface area contributed by atoms with Crippen molar-refractivity contribution in [1.82, 2.24) is 9.97 Å². The van der Waals surface area contributed by atoms with Crippen LogP contribution in [0.4, 0.5) is 17.3 Å². The van der Waals surface area contributed by atoms with Crippen LogP contribution < -0.4 is 10.6 Å². The minimum Gasteiger partial charge on any atom is -0.378 e. The monoisotopic (exact) mass is 275 g/mol. The lowest BCUT2D eigenvalue weighted by Crippen LogP contribution is -2.21. The van der Waals surface area contributed by atoms with Crippen LogP contribution in [-0.4, -0.2) is 43.2 Å². The molecular weight excluding hydrogens is 262 g/mol. The lowest BCUT2D eigenvalue weighted by Gasteiger charge is -2.16. The Morgan fingerprint density at radius 2 is 2.00 bits per heavy atom. The maximum Gasteiger partial charge on any atom is 0.353 e. The Kier molecular flexibility index (Phi) is 3.70. The predicted octanol–water partition coefficient (Wildman–Crippen LogP) is -0.173. The highest BCUT2D eigenvalue weighted by Gasteiger charge is 2.27. The second-order valence-corrected chi connectivity index (χ2v) is 5.52. The third kappa shape index (κ3) is 2.64. The molecule has 1 rings (SSSR count). The van der Waals surface area contributed by atoms with Gasteiger partial charge >= 0.3 is 5.69 Å². The molecule has 0 radical (unpaired) electrons. The number of nitrogens with zero attached hydrogens (tertiary/aromatic N) is 4. The van der Waals surface area contributed by atoms with Gasteiger partial charge in [0.15, 0.2) is 0 Å². The fourth-order valence-electron chi connectivity index (χ4n) is 1.20. The van der Waals surface area contributed by atoms with Crippen LogP contribution in [0.15, 0.2) is 5.16 Å². The molecule has 0 amide bonds. The first-order valence-electron chi connectivity index (χ1n) is 4.91. The summed E-state index contributed by atoms with van der Waals surface area (Å²) in [6, 6.07) is 0. The molecule has 2 N–H and O–H groups in total. The number of hydrogen-bond acceptors (Lipinski definition) is 8. The van der Waals surface area contributed by atoms with Crippen molar-refractivity contribution in [3.05, 3.63) is 10.1 Å². The van der Waals surface area contributed by atoms with Gasteiger partial charge in [0.1, 0.15) is 0 Å². The van der Waals surface area contributed by atoms with E-state index in [-0.39, 0.29) is 5.82 Å². The topological polar surface area (TPSA) is 132 Å². The first kappa shape index (κ1) is 14.1. The Bertz CT molecular complexity index is 585. The molecule has 18 heavy (non-hydrogen) atoms. The second-order valence-electron chi connectivity index (χ2n) is 3.61. The van der Waals surface area contributed by atoms with Crippen molar-refractivity contribution in [2.24, 2.45) is 0 Å². The van der Waals surface area contributed by atoms with Gasteiger partial charge in [0.25, 0.3) is 5.16 Å². The summed E-state index contributed by atoms with van der Waals surface area (Å²) in [4.78, 5) is 18.7. The number of aromatic nitrogens is 2. The molecule has 0 spiro atoms. The van der Waals surface area contributed by atoms with E-state index in [1.165, 1.54) is 4.90 Å². The zero-order valence-corrected chi connectivity index (χ0v) is 10.9. The quantitative estimate of drug-likeness (QED) is 0.455. The van der Waals surface area contributed by atoms with E-state index in [0.717, 1.165) is 6.26 Å². The number of nitro groups is 1. The lowest BCUT2D eigenvalue weighted by atomic mass is 10.4. The minimum atomic E-state index is -3.68. The van der Waals surface area contributed by atoms with E-state index in [2.05, 4.69) is 9.97 Å². The third-order valence-electron chi connectivity index (χ3n) is 2.22. The average Bonchev–Trinajstić information content (AvgIpc) is 2.25. The molecule has 0 aliphatic carbocycles. The number of rotatable bonds is 4. The fourth-order valence-corrected chi connectivity index (χ4v) is 1.71. The van der Waals surface area contributed by atoms with E-state index in [1.54, 1.807) is 14.0 Å². The van der Waals surface area contributed by atoms with Crippen molar-refractivity contribution >= 4 is 27.2 Å². The number of nitrogen functional groups attached to an aromatic ring is 1. The molecule has 0 bridgehead atoms. The molecule has 0 saturated carbocycles. The summed E-state index contributed by atoms with van der Waals surface area (Å²) in [6.07, 6.45) is 0.906. The Morgan fingerprint density at radius 3 is 2.39 bits per heavy atom. The van der Waals surface area contributed by atoms with E-state index < -0.39 is 31.4 Å². The van der Waals surface area contributed by atoms with Crippen molar-refractivity contribution < 1.29 is 13.3 Å². The summed E-state index contributed by atoms with van der Waals surface area (Å²) in [5.74, 6) is -0.582. The maximum absolute atomic E-state index is 11.4. The SMILES string of the molecule is CCN(C)c1nc(S(C)(=O)=O)nc(N)c1[N+](=O)[O-].